The van der Waals surface area contributed by atoms with Crippen molar-refractivity contribution >= 4 is 21.8 Å². The Morgan fingerprint density at radius 3 is 2.44 bits per heavy atom. The van der Waals surface area contributed by atoms with Gasteiger partial charge in [0.05, 0.1) is 5.56 Å². The Bertz CT molecular complexity index is 485. The van der Waals surface area contributed by atoms with Gasteiger partial charge in [0.1, 0.15) is 0 Å². The zero-order valence-corrected chi connectivity index (χ0v) is 9.32. The Balaban J connectivity index is 3.12. The number of nitrogens with two attached hydrogens (primary N) is 1. The summed E-state index contributed by atoms with van der Waals surface area (Å²) in [6, 6.07) is 2.95. The molecular weight excluding hydrogens is 287 g/mol. The Labute approximate surface area is 97.8 Å². The molecule has 0 radical (unpaired) electrons. The van der Waals surface area contributed by atoms with Crippen LogP contribution >= 0.6 is 15.9 Å². The minimum atomic E-state index is -4.40. The molecule has 0 unspecified atom stereocenters. The van der Waals surface area contributed by atoms with Gasteiger partial charge in [-0.1, -0.05) is 5.92 Å². The standard InChI is InChI=1S/C10H5BrF3NO/c11-8-5-7(10(12,13)14)3-1-6(8)2-4-9(15)16/h1,3,5H,(H2,15,16). The summed E-state index contributed by atoms with van der Waals surface area (Å²) in [6.45, 7) is 0. The molecule has 0 aliphatic heterocycles. The predicted molar refractivity (Wildman–Crippen MR) is 55.2 cm³/mol. The van der Waals surface area contributed by atoms with Crippen molar-refractivity contribution in [2.75, 3.05) is 0 Å². The quantitative estimate of drug-likeness (QED) is 0.733. The average Bonchev–Trinajstić information content (AvgIpc) is 2.14. The van der Waals surface area contributed by atoms with Crippen LogP contribution < -0.4 is 5.73 Å². The highest BCUT2D eigenvalue weighted by Gasteiger charge is 2.30. The molecule has 16 heavy (non-hydrogen) atoms. The van der Waals surface area contributed by atoms with E-state index in [9.17, 15) is 18.0 Å². The van der Waals surface area contributed by atoms with Crippen molar-refractivity contribution in [3.05, 3.63) is 33.8 Å². The number of rotatable bonds is 0. The van der Waals surface area contributed by atoms with Crippen LogP contribution in [0.5, 0.6) is 0 Å². The van der Waals surface area contributed by atoms with Crippen molar-refractivity contribution < 1.29 is 18.0 Å². The molecule has 1 aromatic carbocycles. The van der Waals surface area contributed by atoms with Crippen molar-refractivity contribution in [3.8, 4) is 11.8 Å². The topological polar surface area (TPSA) is 43.1 Å². The van der Waals surface area contributed by atoms with E-state index >= 15 is 0 Å². The van der Waals surface area contributed by atoms with Gasteiger partial charge in [-0.15, -0.1) is 0 Å². The number of carbonyl (C=O) groups is 1. The summed E-state index contributed by atoms with van der Waals surface area (Å²) in [5, 5.41) is 0. The number of halogens is 4. The number of benzene rings is 1. The molecular formula is C10H5BrF3NO. The van der Waals surface area contributed by atoms with Crippen LogP contribution in [-0.2, 0) is 11.0 Å². The zero-order valence-electron chi connectivity index (χ0n) is 7.73. The lowest BCUT2D eigenvalue weighted by Crippen LogP contribution is -2.06. The van der Waals surface area contributed by atoms with E-state index in [2.05, 4.69) is 21.9 Å². The Hall–Kier alpha value is -1.48. The molecule has 0 aliphatic carbocycles. The first kappa shape index (κ1) is 12.6. The summed E-state index contributed by atoms with van der Waals surface area (Å²) in [7, 11) is 0. The van der Waals surface area contributed by atoms with E-state index < -0.39 is 17.6 Å². The minimum Gasteiger partial charge on any atom is -0.359 e. The molecule has 0 bridgehead atoms. The van der Waals surface area contributed by atoms with Gasteiger partial charge in [0.25, 0.3) is 5.91 Å². The van der Waals surface area contributed by atoms with E-state index in [0.29, 0.717) is 0 Å². The molecule has 2 N–H and O–H groups in total. The van der Waals surface area contributed by atoms with Crippen molar-refractivity contribution in [1.82, 2.24) is 0 Å². The second-order valence-electron chi connectivity index (χ2n) is 2.81. The molecule has 0 atom stereocenters. The predicted octanol–water partition coefficient (Wildman–Crippen LogP) is 2.30. The average molecular weight is 292 g/mol. The molecule has 0 aliphatic rings. The molecule has 84 valence electrons. The normalized spacial score (nSPS) is 10.5. The zero-order chi connectivity index (χ0) is 12.3. The minimum absolute atomic E-state index is 0.163. The summed E-state index contributed by atoms with van der Waals surface area (Å²) in [6.07, 6.45) is -4.40. The second-order valence-corrected chi connectivity index (χ2v) is 3.66. The van der Waals surface area contributed by atoms with Crippen molar-refractivity contribution in [2.45, 2.75) is 6.18 Å². The summed E-state index contributed by atoms with van der Waals surface area (Å²) in [4.78, 5) is 10.4. The largest absolute Gasteiger partial charge is 0.416 e. The molecule has 6 heteroatoms. The fraction of sp³-hybridized carbons (Fsp3) is 0.100. The SMILES string of the molecule is NC(=O)C#Cc1ccc(C(F)(F)F)cc1Br. The fourth-order valence-electron chi connectivity index (χ4n) is 0.922. The first-order chi connectivity index (χ1) is 7.30. The maximum absolute atomic E-state index is 12.3. The van der Waals surface area contributed by atoms with Crippen LogP contribution in [0.4, 0.5) is 13.2 Å². The van der Waals surface area contributed by atoms with Gasteiger partial charge < -0.3 is 5.73 Å². The third kappa shape index (κ3) is 3.28. The molecule has 1 amide bonds. The number of primary amides is 1. The third-order valence-corrected chi connectivity index (χ3v) is 2.27. The molecule has 0 heterocycles. The van der Waals surface area contributed by atoms with E-state index in [0.717, 1.165) is 12.1 Å². The summed E-state index contributed by atoms with van der Waals surface area (Å²) >= 11 is 2.94. The highest BCUT2D eigenvalue weighted by Crippen LogP contribution is 2.31. The monoisotopic (exact) mass is 291 g/mol. The fourth-order valence-corrected chi connectivity index (χ4v) is 1.40. The number of hydrogen-bond donors (Lipinski definition) is 1. The first-order valence-corrected chi connectivity index (χ1v) is 4.78. The van der Waals surface area contributed by atoms with Gasteiger partial charge >= 0.3 is 6.18 Å². The molecule has 1 rings (SSSR count). The highest BCUT2D eigenvalue weighted by molar-refractivity contribution is 9.10. The van der Waals surface area contributed by atoms with Crippen LogP contribution in [0.2, 0.25) is 0 Å². The molecule has 0 saturated carbocycles. The van der Waals surface area contributed by atoms with Gasteiger partial charge in [-0.05, 0) is 34.1 Å². The number of amides is 1. The maximum Gasteiger partial charge on any atom is 0.416 e. The van der Waals surface area contributed by atoms with Gasteiger partial charge in [0.2, 0.25) is 0 Å². The Morgan fingerprint density at radius 1 is 1.38 bits per heavy atom. The van der Waals surface area contributed by atoms with Gasteiger partial charge in [-0.2, -0.15) is 13.2 Å². The maximum atomic E-state index is 12.3. The summed E-state index contributed by atoms with van der Waals surface area (Å²) in [5.74, 6) is 3.55. The molecule has 0 aromatic heterocycles. The van der Waals surface area contributed by atoms with Crippen molar-refractivity contribution in [2.24, 2.45) is 5.73 Å². The van der Waals surface area contributed by atoms with Gasteiger partial charge in [-0.3, -0.25) is 4.79 Å². The first-order valence-electron chi connectivity index (χ1n) is 3.99. The molecule has 0 saturated heterocycles. The summed E-state index contributed by atoms with van der Waals surface area (Å²) in [5.41, 5.74) is 4.26. The van der Waals surface area contributed by atoms with Gasteiger partial charge in [-0.25, -0.2) is 0 Å². The van der Waals surface area contributed by atoms with E-state index in [1.165, 1.54) is 6.07 Å². The van der Waals surface area contributed by atoms with E-state index in [-0.39, 0.29) is 10.0 Å². The number of alkyl halides is 3. The van der Waals surface area contributed by atoms with Crippen molar-refractivity contribution in [3.63, 3.8) is 0 Å². The molecule has 2 nitrogen and oxygen atoms in total. The number of hydrogen-bond acceptors (Lipinski definition) is 1. The van der Waals surface area contributed by atoms with Crippen molar-refractivity contribution in [1.29, 1.82) is 0 Å². The van der Waals surface area contributed by atoms with E-state index in [1.807, 2.05) is 5.92 Å². The lowest BCUT2D eigenvalue weighted by atomic mass is 10.1. The van der Waals surface area contributed by atoms with Crippen LogP contribution in [-0.4, -0.2) is 5.91 Å². The second kappa shape index (κ2) is 4.58. The van der Waals surface area contributed by atoms with E-state index in [1.54, 1.807) is 0 Å². The number of carbonyl (C=O) groups excluding carboxylic acids is 1. The molecule has 0 fully saturated rings. The Kier molecular flexibility index (Phi) is 3.60. The molecule has 0 spiro atoms. The smallest absolute Gasteiger partial charge is 0.359 e. The van der Waals surface area contributed by atoms with Crippen LogP contribution in [0.15, 0.2) is 22.7 Å². The van der Waals surface area contributed by atoms with Crippen LogP contribution in [0.25, 0.3) is 0 Å². The lowest BCUT2D eigenvalue weighted by Gasteiger charge is -2.07. The Morgan fingerprint density at radius 2 is 2.00 bits per heavy atom. The van der Waals surface area contributed by atoms with Crippen LogP contribution in [0.3, 0.4) is 0 Å². The van der Waals surface area contributed by atoms with E-state index in [4.69, 9.17) is 5.73 Å². The van der Waals surface area contributed by atoms with Crippen LogP contribution in [0, 0.1) is 11.8 Å². The summed E-state index contributed by atoms with van der Waals surface area (Å²) < 4.78 is 37.0. The lowest BCUT2D eigenvalue weighted by molar-refractivity contribution is -0.137. The van der Waals surface area contributed by atoms with Gasteiger partial charge in [0, 0.05) is 16.0 Å². The molecule has 1 aromatic rings. The van der Waals surface area contributed by atoms with Crippen LogP contribution in [0.1, 0.15) is 11.1 Å². The highest BCUT2D eigenvalue weighted by atomic mass is 79.9. The van der Waals surface area contributed by atoms with Gasteiger partial charge in [0.15, 0.2) is 0 Å². The third-order valence-electron chi connectivity index (χ3n) is 1.62.